The lowest BCUT2D eigenvalue weighted by Gasteiger charge is -2.32. The fraction of sp³-hybridized carbons (Fsp3) is 0.333. The van der Waals surface area contributed by atoms with Crippen LogP contribution >= 0.6 is 22.9 Å². The van der Waals surface area contributed by atoms with Crippen LogP contribution in [0.4, 0.5) is 15.9 Å². The van der Waals surface area contributed by atoms with Crippen molar-refractivity contribution in [1.82, 2.24) is 25.3 Å². The van der Waals surface area contributed by atoms with Gasteiger partial charge in [0.05, 0.1) is 21.0 Å². The fourth-order valence-corrected chi connectivity index (χ4v) is 5.30. The quantitative estimate of drug-likeness (QED) is 0.364. The standard InChI is InChI=1S/C24H24ClFN6O2S/c1-13-18(14(2)34-31-13)11-32-7-5-15(6-8-32)30-23(33)21-10-17-22(27-12-28-24(17)35-21)29-16-3-4-20(26)19(25)9-16/h3-4,9-10,12,15H,5-8,11H2,1-2H3,(H,30,33)(H,27,28,29). The zero-order valence-electron chi connectivity index (χ0n) is 19.3. The van der Waals surface area contributed by atoms with Crippen molar-refractivity contribution in [2.75, 3.05) is 18.4 Å². The predicted octanol–water partition coefficient (Wildman–Crippen LogP) is 5.23. The molecular formula is C24H24ClFN6O2S. The van der Waals surface area contributed by atoms with Gasteiger partial charge in [-0.05, 0) is 51.0 Å². The summed E-state index contributed by atoms with van der Waals surface area (Å²) in [4.78, 5) is 25.2. The molecule has 1 aliphatic rings. The molecule has 0 radical (unpaired) electrons. The summed E-state index contributed by atoms with van der Waals surface area (Å²) in [5.74, 6) is 0.782. The predicted molar refractivity (Wildman–Crippen MR) is 134 cm³/mol. The van der Waals surface area contributed by atoms with Crippen LogP contribution in [0.2, 0.25) is 5.02 Å². The number of aromatic nitrogens is 3. The Morgan fingerprint density at radius 3 is 2.77 bits per heavy atom. The average Bonchev–Trinajstić information content (AvgIpc) is 3.42. The summed E-state index contributed by atoms with van der Waals surface area (Å²) in [5, 5.41) is 11.1. The monoisotopic (exact) mass is 514 g/mol. The van der Waals surface area contributed by atoms with Crippen LogP contribution in [0.5, 0.6) is 0 Å². The molecule has 5 rings (SSSR count). The van der Waals surface area contributed by atoms with E-state index in [0.717, 1.165) is 54.9 Å². The van der Waals surface area contributed by atoms with Crippen LogP contribution in [0.25, 0.3) is 10.2 Å². The molecule has 0 bridgehead atoms. The number of rotatable bonds is 6. The third kappa shape index (κ3) is 5.14. The summed E-state index contributed by atoms with van der Waals surface area (Å²) < 4.78 is 18.7. The number of fused-ring (bicyclic) bond motifs is 1. The number of aryl methyl sites for hydroxylation is 2. The van der Waals surface area contributed by atoms with E-state index in [1.807, 2.05) is 13.8 Å². The largest absolute Gasteiger partial charge is 0.361 e. The Labute approximate surface area is 210 Å². The van der Waals surface area contributed by atoms with Gasteiger partial charge in [0.1, 0.15) is 28.6 Å². The lowest BCUT2D eigenvalue weighted by atomic mass is 10.0. The van der Waals surface area contributed by atoms with Crippen molar-refractivity contribution < 1.29 is 13.7 Å². The third-order valence-electron chi connectivity index (χ3n) is 6.22. The summed E-state index contributed by atoms with van der Waals surface area (Å²) in [5.41, 5.74) is 2.67. The molecule has 8 nitrogen and oxygen atoms in total. The van der Waals surface area contributed by atoms with Crippen LogP contribution in [0, 0.1) is 19.7 Å². The molecule has 4 aromatic rings. The second-order valence-electron chi connectivity index (χ2n) is 8.63. The number of amides is 1. The smallest absolute Gasteiger partial charge is 0.261 e. The minimum Gasteiger partial charge on any atom is -0.361 e. The van der Waals surface area contributed by atoms with Crippen LogP contribution in [0.15, 0.2) is 35.1 Å². The highest BCUT2D eigenvalue weighted by Crippen LogP contribution is 2.31. The van der Waals surface area contributed by atoms with Gasteiger partial charge >= 0.3 is 0 Å². The lowest BCUT2D eigenvalue weighted by molar-refractivity contribution is 0.0913. The first-order chi connectivity index (χ1) is 16.9. The molecule has 0 unspecified atom stereocenters. The van der Waals surface area contributed by atoms with Gasteiger partial charge in [-0.1, -0.05) is 16.8 Å². The number of thiophene rings is 1. The van der Waals surface area contributed by atoms with Crippen molar-refractivity contribution in [3.05, 3.63) is 63.3 Å². The van der Waals surface area contributed by atoms with Crippen molar-refractivity contribution in [2.45, 2.75) is 39.3 Å². The van der Waals surface area contributed by atoms with E-state index in [4.69, 9.17) is 16.1 Å². The lowest BCUT2D eigenvalue weighted by Crippen LogP contribution is -2.44. The number of nitrogens with one attached hydrogen (secondary N) is 2. The molecule has 35 heavy (non-hydrogen) atoms. The molecule has 1 aliphatic heterocycles. The molecule has 3 aromatic heterocycles. The van der Waals surface area contributed by atoms with E-state index in [-0.39, 0.29) is 17.0 Å². The Morgan fingerprint density at radius 1 is 1.26 bits per heavy atom. The van der Waals surface area contributed by atoms with E-state index in [0.29, 0.717) is 21.2 Å². The van der Waals surface area contributed by atoms with Gasteiger partial charge < -0.3 is 15.2 Å². The van der Waals surface area contributed by atoms with Gasteiger partial charge in [0, 0.05) is 36.9 Å². The van der Waals surface area contributed by atoms with Crippen LogP contribution in [0.1, 0.15) is 39.5 Å². The maximum atomic E-state index is 13.5. The second-order valence-corrected chi connectivity index (χ2v) is 10.1. The number of nitrogens with zero attached hydrogens (tertiary/aromatic N) is 4. The van der Waals surface area contributed by atoms with E-state index >= 15 is 0 Å². The van der Waals surface area contributed by atoms with Gasteiger partial charge in [0.2, 0.25) is 0 Å². The molecule has 4 heterocycles. The molecule has 0 aliphatic carbocycles. The highest BCUT2D eigenvalue weighted by Gasteiger charge is 2.24. The number of carbonyl (C=O) groups excluding carboxylic acids is 1. The molecule has 1 fully saturated rings. The van der Waals surface area contributed by atoms with Crippen LogP contribution in [-0.2, 0) is 6.54 Å². The summed E-state index contributed by atoms with van der Waals surface area (Å²) in [7, 11) is 0. The van der Waals surface area contributed by atoms with Crippen LogP contribution < -0.4 is 10.6 Å². The molecule has 182 valence electrons. The van der Waals surface area contributed by atoms with Gasteiger partial charge in [-0.15, -0.1) is 11.3 Å². The SMILES string of the molecule is Cc1noc(C)c1CN1CCC(NC(=O)c2cc3c(Nc4ccc(F)c(Cl)c4)ncnc3s2)CC1. The number of carbonyl (C=O) groups is 1. The van der Waals surface area contributed by atoms with Crippen LogP contribution in [0.3, 0.4) is 0 Å². The van der Waals surface area contributed by atoms with Crippen molar-refractivity contribution in [3.8, 4) is 0 Å². The van der Waals surface area contributed by atoms with Crippen molar-refractivity contribution in [3.63, 3.8) is 0 Å². The number of likely N-dealkylation sites (tertiary alicyclic amines) is 1. The Morgan fingerprint density at radius 2 is 2.06 bits per heavy atom. The van der Waals surface area contributed by atoms with Crippen molar-refractivity contribution in [2.24, 2.45) is 0 Å². The van der Waals surface area contributed by atoms with E-state index in [1.54, 1.807) is 12.1 Å². The molecule has 0 atom stereocenters. The molecule has 0 saturated carbocycles. The summed E-state index contributed by atoms with van der Waals surface area (Å²) in [6.07, 6.45) is 3.18. The Kier molecular flexibility index (Phi) is 6.68. The molecule has 1 saturated heterocycles. The van der Waals surface area contributed by atoms with E-state index in [2.05, 4.69) is 30.7 Å². The molecule has 0 spiro atoms. The van der Waals surface area contributed by atoms with Crippen LogP contribution in [-0.4, -0.2) is 45.1 Å². The number of halogens is 2. The topological polar surface area (TPSA) is 96.2 Å². The minimum atomic E-state index is -0.492. The minimum absolute atomic E-state index is 0.0171. The van der Waals surface area contributed by atoms with Gasteiger partial charge in [-0.3, -0.25) is 9.69 Å². The van der Waals surface area contributed by atoms with E-state index in [1.165, 1.54) is 29.8 Å². The van der Waals surface area contributed by atoms with Crippen molar-refractivity contribution in [1.29, 1.82) is 0 Å². The number of piperidine rings is 1. The summed E-state index contributed by atoms with van der Waals surface area (Å²) >= 11 is 7.20. The van der Waals surface area contributed by atoms with Gasteiger partial charge in [0.15, 0.2) is 0 Å². The van der Waals surface area contributed by atoms with Gasteiger partial charge in [-0.2, -0.15) is 0 Å². The van der Waals surface area contributed by atoms with E-state index < -0.39 is 5.82 Å². The Balaban J connectivity index is 1.22. The first kappa shape index (κ1) is 23.7. The number of anilines is 2. The Bertz CT molecular complexity index is 1360. The Hall–Kier alpha value is -3.08. The average molecular weight is 515 g/mol. The van der Waals surface area contributed by atoms with Gasteiger partial charge in [-0.25, -0.2) is 14.4 Å². The molecule has 2 N–H and O–H groups in total. The second kappa shape index (κ2) is 9.88. The van der Waals surface area contributed by atoms with Gasteiger partial charge in [0.25, 0.3) is 5.91 Å². The molecule has 11 heteroatoms. The zero-order valence-corrected chi connectivity index (χ0v) is 20.8. The zero-order chi connectivity index (χ0) is 24.5. The first-order valence-electron chi connectivity index (χ1n) is 11.3. The maximum Gasteiger partial charge on any atom is 0.261 e. The van der Waals surface area contributed by atoms with Crippen molar-refractivity contribution >= 4 is 50.6 Å². The normalized spacial score (nSPS) is 15.0. The highest BCUT2D eigenvalue weighted by molar-refractivity contribution is 7.20. The third-order valence-corrected chi connectivity index (χ3v) is 7.55. The maximum absolute atomic E-state index is 13.5. The number of hydrogen-bond acceptors (Lipinski definition) is 8. The fourth-order valence-electron chi connectivity index (χ4n) is 4.22. The molecular weight excluding hydrogens is 491 g/mol. The first-order valence-corrected chi connectivity index (χ1v) is 12.5. The highest BCUT2D eigenvalue weighted by atomic mass is 35.5. The molecule has 1 amide bonds. The number of hydrogen-bond donors (Lipinski definition) is 2. The summed E-state index contributed by atoms with van der Waals surface area (Å²) in [6, 6.07) is 6.25. The summed E-state index contributed by atoms with van der Waals surface area (Å²) in [6.45, 7) is 6.49. The number of benzene rings is 1. The molecule has 1 aromatic carbocycles. The van der Waals surface area contributed by atoms with E-state index in [9.17, 15) is 9.18 Å².